The second kappa shape index (κ2) is 8.20. The number of ketones is 1. The number of carbonyl (C=O) groups is 3. The molecule has 3 rings (SSSR count). The average molecular weight is 369 g/mol. The predicted octanol–water partition coefficient (Wildman–Crippen LogP) is 3.91. The zero-order valence-corrected chi connectivity index (χ0v) is 15.2. The van der Waals surface area contributed by atoms with Crippen molar-refractivity contribution >= 4 is 17.7 Å². The lowest BCUT2D eigenvalue weighted by atomic mass is 9.95. The van der Waals surface area contributed by atoms with Gasteiger partial charge in [-0.3, -0.25) is 14.4 Å². The van der Waals surface area contributed by atoms with Crippen LogP contribution in [0.4, 0.5) is 0 Å². The smallest absolute Gasteiger partial charge is 0.308 e. The fraction of sp³-hybridized carbons (Fsp3) is 0.381. The molecule has 1 aromatic heterocycles. The highest BCUT2D eigenvalue weighted by Gasteiger charge is 2.31. The van der Waals surface area contributed by atoms with Gasteiger partial charge in [-0.15, -0.1) is 0 Å². The number of nitrogens with one attached hydrogen (secondary N) is 1. The fourth-order valence-electron chi connectivity index (χ4n) is 3.50. The Bertz CT molecular complexity index is 837. The Kier molecular flexibility index (Phi) is 5.74. The van der Waals surface area contributed by atoms with E-state index in [0.29, 0.717) is 24.2 Å². The molecule has 1 fully saturated rings. The van der Waals surface area contributed by atoms with Gasteiger partial charge in [0.15, 0.2) is 11.5 Å². The van der Waals surface area contributed by atoms with Crippen LogP contribution in [0.5, 0.6) is 0 Å². The minimum atomic E-state index is -0.868. The number of hydrogen-bond donors (Lipinski definition) is 2. The maximum Gasteiger partial charge on any atom is 0.308 e. The number of carbonyl (C=O) groups excluding carboxylic acids is 2. The molecule has 1 saturated carbocycles. The quantitative estimate of drug-likeness (QED) is 0.615. The summed E-state index contributed by atoms with van der Waals surface area (Å²) in [4.78, 5) is 35.4. The molecule has 0 saturated heterocycles. The third kappa shape index (κ3) is 4.45. The molecule has 1 aliphatic carbocycles. The molecule has 6 nitrogen and oxygen atoms in total. The molecule has 0 unspecified atom stereocenters. The monoisotopic (exact) mass is 369 g/mol. The van der Waals surface area contributed by atoms with E-state index < -0.39 is 17.8 Å². The second-order valence-corrected chi connectivity index (χ2v) is 6.96. The lowest BCUT2D eigenvalue weighted by Crippen LogP contribution is -2.42. The van der Waals surface area contributed by atoms with E-state index in [1.807, 2.05) is 0 Å². The van der Waals surface area contributed by atoms with Crippen LogP contribution in [0.2, 0.25) is 0 Å². The van der Waals surface area contributed by atoms with Crippen molar-refractivity contribution in [2.75, 3.05) is 0 Å². The van der Waals surface area contributed by atoms with Gasteiger partial charge < -0.3 is 14.8 Å². The van der Waals surface area contributed by atoms with Gasteiger partial charge >= 0.3 is 5.97 Å². The van der Waals surface area contributed by atoms with Gasteiger partial charge in [0.2, 0.25) is 0 Å². The molecule has 2 N–H and O–H groups in total. The average Bonchev–Trinajstić information content (AvgIpc) is 3.02. The van der Waals surface area contributed by atoms with Crippen LogP contribution in [0.3, 0.4) is 0 Å². The van der Waals surface area contributed by atoms with Gasteiger partial charge in [-0.1, -0.05) is 43.5 Å². The molecule has 0 radical (unpaired) electrons. The van der Waals surface area contributed by atoms with E-state index in [4.69, 9.17) is 4.42 Å². The van der Waals surface area contributed by atoms with Gasteiger partial charge in [0.1, 0.15) is 5.76 Å². The summed E-state index contributed by atoms with van der Waals surface area (Å²) in [6.07, 6.45) is 3.98. The number of aliphatic carboxylic acids is 1. The Balaban J connectivity index is 1.72. The van der Waals surface area contributed by atoms with E-state index in [-0.39, 0.29) is 17.6 Å². The summed E-state index contributed by atoms with van der Waals surface area (Å²) in [5.41, 5.74) is 1.37. The molecule has 1 amide bonds. The maximum absolute atomic E-state index is 12.5. The fourth-order valence-corrected chi connectivity index (χ4v) is 3.50. The number of hydrogen-bond acceptors (Lipinski definition) is 4. The van der Waals surface area contributed by atoms with Crippen LogP contribution in [0.1, 0.15) is 59.9 Å². The lowest BCUT2D eigenvalue weighted by molar-refractivity contribution is -0.142. The Morgan fingerprint density at radius 2 is 1.70 bits per heavy atom. The molecule has 142 valence electrons. The highest BCUT2D eigenvalue weighted by atomic mass is 16.4. The number of furan rings is 1. The number of rotatable bonds is 5. The van der Waals surface area contributed by atoms with Crippen LogP contribution in [0, 0.1) is 5.92 Å². The van der Waals surface area contributed by atoms with Crippen molar-refractivity contribution in [1.29, 1.82) is 0 Å². The Morgan fingerprint density at radius 3 is 2.37 bits per heavy atom. The third-order valence-corrected chi connectivity index (χ3v) is 5.06. The number of benzene rings is 1. The van der Waals surface area contributed by atoms with Crippen molar-refractivity contribution in [3.05, 3.63) is 47.7 Å². The third-order valence-electron chi connectivity index (χ3n) is 5.06. The van der Waals surface area contributed by atoms with Gasteiger partial charge in [0.25, 0.3) is 5.91 Å². The molecule has 2 atom stereocenters. The summed E-state index contributed by atoms with van der Waals surface area (Å²) < 4.78 is 5.66. The Morgan fingerprint density at radius 1 is 1.00 bits per heavy atom. The minimum Gasteiger partial charge on any atom is -0.481 e. The van der Waals surface area contributed by atoms with Crippen molar-refractivity contribution in [3.63, 3.8) is 0 Å². The number of Topliss-reactive ketones (excluding diaryl/α,β-unsaturated/α-hetero) is 1. The van der Waals surface area contributed by atoms with Crippen molar-refractivity contribution in [2.45, 2.75) is 45.1 Å². The first-order valence-electron chi connectivity index (χ1n) is 9.20. The minimum absolute atomic E-state index is 0.0163. The molecule has 1 aromatic carbocycles. The van der Waals surface area contributed by atoms with Gasteiger partial charge in [0.05, 0.1) is 5.92 Å². The standard InChI is InChI=1S/C21H23NO5/c1-13(23)14-7-9-15(10-8-14)18-11-12-19(27-18)20(24)22-17-6-4-2-3-5-16(17)21(25)26/h7-12,16-17H,2-6H2,1H3,(H,22,24)(H,25,26)/t16-,17+/m1/s1. The number of carboxylic acid groups (broad SMARTS) is 1. The zero-order valence-electron chi connectivity index (χ0n) is 15.2. The summed E-state index contributed by atoms with van der Waals surface area (Å²) in [5.74, 6) is -1.19. The van der Waals surface area contributed by atoms with Crippen LogP contribution >= 0.6 is 0 Å². The first kappa shape index (κ1) is 18.9. The Hall–Kier alpha value is -2.89. The second-order valence-electron chi connectivity index (χ2n) is 6.96. The summed E-state index contributed by atoms with van der Waals surface area (Å²) in [7, 11) is 0. The van der Waals surface area contributed by atoms with Crippen LogP contribution in [-0.4, -0.2) is 28.8 Å². The normalized spacial score (nSPS) is 19.9. The highest BCUT2D eigenvalue weighted by molar-refractivity contribution is 5.94. The van der Waals surface area contributed by atoms with E-state index in [0.717, 1.165) is 24.8 Å². The van der Waals surface area contributed by atoms with E-state index in [1.54, 1.807) is 36.4 Å². The van der Waals surface area contributed by atoms with Crippen LogP contribution in [-0.2, 0) is 4.79 Å². The van der Waals surface area contributed by atoms with Gasteiger partial charge in [-0.05, 0) is 31.9 Å². The summed E-state index contributed by atoms with van der Waals surface area (Å²) in [6, 6.07) is 9.84. The van der Waals surface area contributed by atoms with Crippen molar-refractivity contribution in [1.82, 2.24) is 5.32 Å². The van der Waals surface area contributed by atoms with Crippen LogP contribution < -0.4 is 5.32 Å². The van der Waals surface area contributed by atoms with Crippen molar-refractivity contribution in [2.24, 2.45) is 5.92 Å². The molecular formula is C21H23NO5. The summed E-state index contributed by atoms with van der Waals surface area (Å²) >= 11 is 0. The first-order chi connectivity index (χ1) is 13.0. The van der Waals surface area contributed by atoms with E-state index in [9.17, 15) is 19.5 Å². The number of carboxylic acids is 1. The van der Waals surface area contributed by atoms with Crippen LogP contribution in [0.25, 0.3) is 11.3 Å². The first-order valence-corrected chi connectivity index (χ1v) is 9.20. The predicted molar refractivity (Wildman–Crippen MR) is 99.6 cm³/mol. The van der Waals surface area contributed by atoms with E-state index in [2.05, 4.69) is 5.32 Å². The molecule has 0 spiro atoms. The molecule has 6 heteroatoms. The SMILES string of the molecule is CC(=O)c1ccc(-c2ccc(C(=O)N[C@H]3CCCCC[C@H]3C(=O)O)o2)cc1. The maximum atomic E-state index is 12.5. The van der Waals surface area contributed by atoms with Gasteiger partial charge in [-0.2, -0.15) is 0 Å². The van der Waals surface area contributed by atoms with Crippen molar-refractivity contribution in [3.8, 4) is 11.3 Å². The molecule has 2 aromatic rings. The molecule has 0 aliphatic heterocycles. The van der Waals surface area contributed by atoms with Gasteiger partial charge in [-0.25, -0.2) is 0 Å². The molecule has 27 heavy (non-hydrogen) atoms. The molecule has 0 bridgehead atoms. The van der Waals surface area contributed by atoms with Gasteiger partial charge in [0, 0.05) is 17.2 Å². The topological polar surface area (TPSA) is 96.6 Å². The molecule has 1 heterocycles. The molecule has 1 aliphatic rings. The molecular weight excluding hydrogens is 346 g/mol. The van der Waals surface area contributed by atoms with Crippen LogP contribution in [0.15, 0.2) is 40.8 Å². The highest BCUT2D eigenvalue weighted by Crippen LogP contribution is 2.26. The Labute approximate surface area is 157 Å². The number of amides is 1. The van der Waals surface area contributed by atoms with E-state index >= 15 is 0 Å². The summed E-state index contributed by atoms with van der Waals surface area (Å²) in [6.45, 7) is 1.50. The van der Waals surface area contributed by atoms with E-state index in [1.165, 1.54) is 6.92 Å². The largest absolute Gasteiger partial charge is 0.481 e. The zero-order chi connectivity index (χ0) is 19.4. The summed E-state index contributed by atoms with van der Waals surface area (Å²) in [5, 5.41) is 12.3. The van der Waals surface area contributed by atoms with Crippen molar-refractivity contribution < 1.29 is 23.9 Å². The lowest BCUT2D eigenvalue weighted by Gasteiger charge is -2.22.